The number of nitrogens with one attached hydrogen (secondary N) is 2. The maximum atomic E-state index is 11.4. The topological polar surface area (TPSA) is 61.4 Å². The molecule has 1 heterocycles. The molecule has 15 heavy (non-hydrogen) atoms. The molecule has 1 aliphatic heterocycles. The summed E-state index contributed by atoms with van der Waals surface area (Å²) >= 11 is -1.44. The summed E-state index contributed by atoms with van der Waals surface area (Å²) < 4.78 is 15.3. The third-order valence-electron chi connectivity index (χ3n) is 2.13. The Morgan fingerprint density at radius 3 is 2.53 bits per heavy atom. The first-order valence-electron chi connectivity index (χ1n) is 4.47. The van der Waals surface area contributed by atoms with Crippen molar-refractivity contribution in [3.05, 3.63) is 24.3 Å². The number of benzene rings is 1. The molecule has 5 nitrogen and oxygen atoms in total. The molecule has 0 spiro atoms. The number of amides is 1. The normalized spacial score (nSPS) is 20.2. The number of hydrogen-bond acceptors (Lipinski definition) is 3. The Labute approximate surface area is 90.2 Å². The Bertz CT molecular complexity index is 404. The van der Waals surface area contributed by atoms with Crippen LogP contribution in [0, 0.1) is 0 Å². The first-order chi connectivity index (χ1) is 7.20. The lowest BCUT2D eigenvalue weighted by atomic mass is 10.3. The molecule has 0 saturated carbocycles. The molecule has 2 rings (SSSR count). The molecule has 0 aliphatic carbocycles. The van der Waals surface area contributed by atoms with E-state index in [2.05, 4.69) is 10.0 Å². The van der Waals surface area contributed by atoms with E-state index in [0.717, 1.165) is 11.4 Å². The zero-order valence-electron chi connectivity index (χ0n) is 8.19. The van der Waals surface area contributed by atoms with E-state index in [1.807, 2.05) is 31.3 Å². The molecule has 1 fully saturated rings. The van der Waals surface area contributed by atoms with Crippen molar-refractivity contribution in [1.29, 1.82) is 0 Å². The SMILES string of the molecule is CNc1ccc(N2CC(=O)NS2=O)cc1. The zero-order valence-corrected chi connectivity index (χ0v) is 9.00. The maximum absolute atomic E-state index is 11.4. The van der Waals surface area contributed by atoms with E-state index in [1.54, 1.807) is 0 Å². The van der Waals surface area contributed by atoms with Crippen molar-refractivity contribution < 1.29 is 9.00 Å². The first kappa shape index (κ1) is 9.97. The van der Waals surface area contributed by atoms with Gasteiger partial charge in [-0.1, -0.05) is 0 Å². The fourth-order valence-electron chi connectivity index (χ4n) is 1.36. The second-order valence-electron chi connectivity index (χ2n) is 3.11. The van der Waals surface area contributed by atoms with Gasteiger partial charge < -0.3 is 5.32 Å². The second kappa shape index (κ2) is 3.90. The van der Waals surface area contributed by atoms with Crippen LogP contribution in [0.25, 0.3) is 0 Å². The molecule has 1 atom stereocenters. The summed E-state index contributed by atoms with van der Waals surface area (Å²) in [4.78, 5) is 11.0. The Morgan fingerprint density at radius 2 is 2.07 bits per heavy atom. The largest absolute Gasteiger partial charge is 0.388 e. The number of rotatable bonds is 2. The van der Waals surface area contributed by atoms with E-state index in [9.17, 15) is 9.00 Å². The first-order valence-corrected chi connectivity index (χ1v) is 5.58. The lowest BCUT2D eigenvalue weighted by Gasteiger charge is -2.13. The van der Waals surface area contributed by atoms with Crippen LogP contribution in [-0.4, -0.2) is 23.7 Å². The lowest BCUT2D eigenvalue weighted by molar-refractivity contribution is -0.117. The number of anilines is 2. The summed E-state index contributed by atoms with van der Waals surface area (Å²) in [6.45, 7) is 0.144. The highest BCUT2D eigenvalue weighted by atomic mass is 32.2. The van der Waals surface area contributed by atoms with Crippen LogP contribution < -0.4 is 14.3 Å². The van der Waals surface area contributed by atoms with E-state index < -0.39 is 11.2 Å². The van der Waals surface area contributed by atoms with Gasteiger partial charge in [-0.15, -0.1) is 0 Å². The monoisotopic (exact) mass is 225 g/mol. The molecular weight excluding hydrogens is 214 g/mol. The van der Waals surface area contributed by atoms with Gasteiger partial charge in [0.1, 0.15) is 6.54 Å². The van der Waals surface area contributed by atoms with Crippen molar-refractivity contribution in [2.24, 2.45) is 0 Å². The summed E-state index contributed by atoms with van der Waals surface area (Å²) in [5.74, 6) is -0.217. The molecule has 0 radical (unpaired) electrons. The average molecular weight is 225 g/mol. The Morgan fingerprint density at radius 1 is 1.40 bits per heavy atom. The predicted molar refractivity (Wildman–Crippen MR) is 59.6 cm³/mol. The van der Waals surface area contributed by atoms with E-state index >= 15 is 0 Å². The van der Waals surface area contributed by atoms with Gasteiger partial charge in [0.25, 0.3) is 5.91 Å². The molecule has 1 unspecified atom stereocenters. The molecule has 0 aromatic heterocycles. The van der Waals surface area contributed by atoms with Crippen LogP contribution in [0.5, 0.6) is 0 Å². The van der Waals surface area contributed by atoms with Gasteiger partial charge in [-0.3, -0.25) is 13.8 Å². The van der Waals surface area contributed by atoms with Crippen LogP contribution in [0.4, 0.5) is 11.4 Å². The maximum Gasteiger partial charge on any atom is 0.253 e. The van der Waals surface area contributed by atoms with Gasteiger partial charge in [0.05, 0.1) is 5.69 Å². The highest BCUT2D eigenvalue weighted by Gasteiger charge is 2.26. The highest BCUT2D eigenvalue weighted by molar-refractivity contribution is 7.85. The van der Waals surface area contributed by atoms with Gasteiger partial charge in [0.15, 0.2) is 0 Å². The zero-order chi connectivity index (χ0) is 10.8. The van der Waals surface area contributed by atoms with E-state index in [4.69, 9.17) is 0 Å². The van der Waals surface area contributed by atoms with Gasteiger partial charge >= 0.3 is 0 Å². The second-order valence-corrected chi connectivity index (χ2v) is 4.25. The van der Waals surface area contributed by atoms with E-state index in [1.165, 1.54) is 4.31 Å². The van der Waals surface area contributed by atoms with Crippen molar-refractivity contribution in [2.75, 3.05) is 23.2 Å². The van der Waals surface area contributed by atoms with Gasteiger partial charge in [-0.25, -0.2) is 4.21 Å². The summed E-state index contributed by atoms with van der Waals surface area (Å²) in [6, 6.07) is 7.39. The third kappa shape index (κ3) is 1.94. The number of carbonyl (C=O) groups excluding carboxylic acids is 1. The van der Waals surface area contributed by atoms with Crippen LogP contribution in [0.3, 0.4) is 0 Å². The fourth-order valence-corrected chi connectivity index (χ4v) is 2.27. The van der Waals surface area contributed by atoms with Crippen LogP contribution in [0.15, 0.2) is 24.3 Å². The standard InChI is InChI=1S/C9H11N3O2S/c1-10-7-2-4-8(5-3-7)12-6-9(13)11-15(12)14/h2-5,10H,6H2,1H3,(H,11,13). The van der Waals surface area contributed by atoms with Gasteiger partial charge in [-0.05, 0) is 24.3 Å². The average Bonchev–Trinajstić information content (AvgIpc) is 2.58. The van der Waals surface area contributed by atoms with E-state index in [-0.39, 0.29) is 12.5 Å². The number of hydrogen-bond donors (Lipinski definition) is 2. The molecule has 80 valence electrons. The molecule has 1 aromatic carbocycles. The Kier molecular flexibility index (Phi) is 2.59. The van der Waals surface area contributed by atoms with E-state index in [0.29, 0.717) is 0 Å². The molecule has 1 aromatic rings. The minimum Gasteiger partial charge on any atom is -0.388 e. The molecule has 1 amide bonds. The predicted octanol–water partition coefficient (Wildman–Crippen LogP) is 0.243. The molecule has 6 heteroatoms. The highest BCUT2D eigenvalue weighted by Crippen LogP contribution is 2.20. The van der Waals surface area contributed by atoms with Crippen LogP contribution in [0.2, 0.25) is 0 Å². The molecule has 0 bridgehead atoms. The molecule has 2 N–H and O–H groups in total. The molecule has 1 aliphatic rings. The number of carbonyl (C=O) groups is 1. The minimum absolute atomic E-state index is 0.144. The van der Waals surface area contributed by atoms with Crippen molar-refractivity contribution in [2.45, 2.75) is 0 Å². The summed E-state index contributed by atoms with van der Waals surface area (Å²) in [5, 5.41) is 2.99. The van der Waals surface area contributed by atoms with Crippen molar-refractivity contribution in [3.8, 4) is 0 Å². The van der Waals surface area contributed by atoms with Gasteiger partial charge in [0.2, 0.25) is 11.2 Å². The number of nitrogens with zero attached hydrogens (tertiary/aromatic N) is 1. The van der Waals surface area contributed by atoms with Crippen molar-refractivity contribution in [3.63, 3.8) is 0 Å². The third-order valence-corrected chi connectivity index (χ3v) is 3.28. The smallest absolute Gasteiger partial charge is 0.253 e. The summed E-state index contributed by atoms with van der Waals surface area (Å²) in [7, 11) is 1.83. The lowest BCUT2D eigenvalue weighted by Crippen LogP contribution is -2.22. The minimum atomic E-state index is -1.44. The van der Waals surface area contributed by atoms with Gasteiger partial charge in [-0.2, -0.15) is 0 Å². The summed E-state index contributed by atoms with van der Waals surface area (Å²) in [5.41, 5.74) is 1.74. The Balaban J connectivity index is 2.22. The molecule has 1 saturated heterocycles. The van der Waals surface area contributed by atoms with Crippen molar-refractivity contribution in [1.82, 2.24) is 4.72 Å². The quantitative estimate of drug-likeness (QED) is 0.758. The summed E-state index contributed by atoms with van der Waals surface area (Å²) in [6.07, 6.45) is 0. The van der Waals surface area contributed by atoms with Crippen LogP contribution in [-0.2, 0) is 16.0 Å². The van der Waals surface area contributed by atoms with Crippen molar-refractivity contribution >= 4 is 28.5 Å². The molecular formula is C9H11N3O2S. The van der Waals surface area contributed by atoms with Gasteiger partial charge in [0, 0.05) is 12.7 Å². The Hall–Kier alpha value is -1.56. The van der Waals surface area contributed by atoms with Crippen LogP contribution >= 0.6 is 0 Å². The van der Waals surface area contributed by atoms with Crippen LogP contribution in [0.1, 0.15) is 0 Å². The fraction of sp³-hybridized carbons (Fsp3) is 0.222.